The number of hydrogen-bond donors (Lipinski definition) is 2. The average Bonchev–Trinajstić information content (AvgIpc) is 2.89. The molecule has 1 aliphatic rings. The lowest BCUT2D eigenvalue weighted by Gasteiger charge is -2.29. The van der Waals surface area contributed by atoms with Gasteiger partial charge in [-0.25, -0.2) is 4.79 Å². The lowest BCUT2D eigenvalue weighted by atomic mass is 9.89. The van der Waals surface area contributed by atoms with Crippen molar-refractivity contribution in [2.45, 2.75) is 51.0 Å². The number of nitrogens with zero attached hydrogens (tertiary/aromatic N) is 2. The molecular weight excluding hydrogens is 322 g/mol. The third-order valence-corrected chi connectivity index (χ3v) is 4.64. The predicted molar refractivity (Wildman–Crippen MR) is 90.0 cm³/mol. The zero-order chi connectivity index (χ0) is 17.9. The molecule has 0 unspecified atom stereocenters. The third-order valence-electron chi connectivity index (χ3n) is 4.64. The molecule has 2 N–H and O–H groups in total. The number of nitrogens with one attached hydrogen (secondary N) is 1. The molecule has 1 aromatic heterocycles. The Labute approximate surface area is 145 Å². The zero-order valence-electron chi connectivity index (χ0n) is 14.1. The van der Waals surface area contributed by atoms with E-state index in [1.54, 1.807) is 31.2 Å². The van der Waals surface area contributed by atoms with E-state index in [4.69, 9.17) is 4.42 Å². The normalized spacial score (nSPS) is 16.8. The maximum Gasteiger partial charge on any atom is 0.329 e. The molecule has 0 aliphatic heterocycles. The summed E-state index contributed by atoms with van der Waals surface area (Å²) < 4.78 is 5.35. The second-order valence-corrected chi connectivity index (χ2v) is 6.46. The van der Waals surface area contributed by atoms with E-state index in [2.05, 4.69) is 15.5 Å². The highest BCUT2D eigenvalue weighted by Gasteiger charge is 2.40. The fraction of sp³-hybridized carbons (Fsp3) is 0.444. The largest absolute Gasteiger partial charge is 0.480 e. The van der Waals surface area contributed by atoms with Crippen LogP contribution in [0.15, 0.2) is 28.7 Å². The summed E-state index contributed by atoms with van der Waals surface area (Å²) in [6, 6.07) is 6.69. The SMILES string of the molecule is Cc1nnc(-c2ccc(C(=O)NC3(C(=O)O)CCCCCC3)cc2)o1. The van der Waals surface area contributed by atoms with E-state index in [1.807, 2.05) is 0 Å². The second-order valence-electron chi connectivity index (χ2n) is 6.46. The first kappa shape index (κ1) is 17.1. The van der Waals surface area contributed by atoms with Crippen LogP contribution in [0, 0.1) is 6.92 Å². The molecule has 7 heteroatoms. The van der Waals surface area contributed by atoms with Crippen LogP contribution in [0.2, 0.25) is 0 Å². The van der Waals surface area contributed by atoms with Crippen LogP contribution in [0.25, 0.3) is 11.5 Å². The molecular formula is C18H21N3O4. The average molecular weight is 343 g/mol. The number of rotatable bonds is 4. The Morgan fingerprint density at radius 3 is 2.24 bits per heavy atom. The molecule has 1 amide bonds. The van der Waals surface area contributed by atoms with Gasteiger partial charge < -0.3 is 14.8 Å². The van der Waals surface area contributed by atoms with Gasteiger partial charge in [-0.15, -0.1) is 10.2 Å². The lowest BCUT2D eigenvalue weighted by Crippen LogP contribution is -2.54. The van der Waals surface area contributed by atoms with Gasteiger partial charge in [-0.05, 0) is 37.1 Å². The summed E-state index contributed by atoms with van der Waals surface area (Å²) in [4.78, 5) is 24.4. The lowest BCUT2D eigenvalue weighted by molar-refractivity contribution is -0.145. The molecule has 0 radical (unpaired) electrons. The number of aromatic nitrogens is 2. The summed E-state index contributed by atoms with van der Waals surface area (Å²) in [6.45, 7) is 1.70. The molecule has 7 nitrogen and oxygen atoms in total. The van der Waals surface area contributed by atoms with Gasteiger partial charge in [-0.3, -0.25) is 4.79 Å². The molecule has 0 saturated heterocycles. The van der Waals surface area contributed by atoms with Gasteiger partial charge >= 0.3 is 5.97 Å². The molecule has 0 spiro atoms. The quantitative estimate of drug-likeness (QED) is 0.827. The monoisotopic (exact) mass is 343 g/mol. The van der Waals surface area contributed by atoms with Crippen LogP contribution in [-0.4, -0.2) is 32.7 Å². The predicted octanol–water partition coefficient (Wildman–Crippen LogP) is 2.95. The highest BCUT2D eigenvalue weighted by Crippen LogP contribution is 2.28. The van der Waals surface area contributed by atoms with Crippen molar-refractivity contribution in [1.82, 2.24) is 15.5 Å². The fourth-order valence-corrected chi connectivity index (χ4v) is 3.19. The van der Waals surface area contributed by atoms with E-state index in [-0.39, 0.29) is 5.91 Å². The van der Waals surface area contributed by atoms with Crippen LogP contribution < -0.4 is 5.32 Å². The summed E-state index contributed by atoms with van der Waals surface area (Å²) >= 11 is 0. The topological polar surface area (TPSA) is 105 Å². The molecule has 1 fully saturated rings. The van der Waals surface area contributed by atoms with Gasteiger partial charge in [-0.2, -0.15) is 0 Å². The van der Waals surface area contributed by atoms with E-state index < -0.39 is 11.5 Å². The smallest absolute Gasteiger partial charge is 0.329 e. The standard InChI is InChI=1S/C18H21N3O4/c1-12-20-21-16(25-12)14-8-6-13(7-9-14)15(22)19-18(17(23)24)10-4-2-3-5-11-18/h6-9H,2-5,10-11H2,1H3,(H,19,22)(H,23,24). The van der Waals surface area contributed by atoms with Crippen LogP contribution >= 0.6 is 0 Å². The first-order chi connectivity index (χ1) is 12.0. The fourth-order valence-electron chi connectivity index (χ4n) is 3.19. The number of aliphatic carboxylic acids is 1. The van der Waals surface area contributed by atoms with Crippen molar-refractivity contribution in [3.8, 4) is 11.5 Å². The Kier molecular flexibility index (Phi) is 4.83. The summed E-state index contributed by atoms with van der Waals surface area (Å²) in [5.41, 5.74) is -0.0556. The van der Waals surface area contributed by atoms with Gasteiger partial charge in [0, 0.05) is 18.1 Å². The van der Waals surface area contributed by atoms with Crippen molar-refractivity contribution in [3.63, 3.8) is 0 Å². The van der Waals surface area contributed by atoms with Crippen LogP contribution in [0.1, 0.15) is 54.8 Å². The number of benzene rings is 1. The van der Waals surface area contributed by atoms with Gasteiger partial charge in [-0.1, -0.05) is 25.7 Å². The molecule has 2 aromatic rings. The van der Waals surface area contributed by atoms with Gasteiger partial charge in [0.1, 0.15) is 5.54 Å². The summed E-state index contributed by atoms with van der Waals surface area (Å²) in [5, 5.41) is 20.1. The van der Waals surface area contributed by atoms with Crippen molar-refractivity contribution >= 4 is 11.9 Å². The van der Waals surface area contributed by atoms with E-state index >= 15 is 0 Å². The number of carboxylic acid groups (broad SMARTS) is 1. The number of carbonyl (C=O) groups excluding carboxylic acids is 1. The molecule has 0 bridgehead atoms. The Morgan fingerprint density at radius 2 is 1.72 bits per heavy atom. The minimum atomic E-state index is -1.17. The maximum absolute atomic E-state index is 12.6. The molecule has 3 rings (SSSR count). The van der Waals surface area contributed by atoms with Gasteiger partial charge in [0.05, 0.1) is 0 Å². The van der Waals surface area contributed by atoms with Crippen molar-refractivity contribution in [2.24, 2.45) is 0 Å². The first-order valence-corrected chi connectivity index (χ1v) is 8.47. The second kappa shape index (κ2) is 7.04. The highest BCUT2D eigenvalue weighted by molar-refractivity contribution is 5.98. The van der Waals surface area contributed by atoms with E-state index in [9.17, 15) is 14.7 Å². The zero-order valence-corrected chi connectivity index (χ0v) is 14.1. The van der Waals surface area contributed by atoms with Crippen LogP contribution in [0.3, 0.4) is 0 Å². The minimum Gasteiger partial charge on any atom is -0.480 e. The first-order valence-electron chi connectivity index (χ1n) is 8.47. The van der Waals surface area contributed by atoms with Gasteiger partial charge in [0.15, 0.2) is 0 Å². The Hall–Kier alpha value is -2.70. The number of carboxylic acids is 1. The van der Waals surface area contributed by atoms with Crippen molar-refractivity contribution in [1.29, 1.82) is 0 Å². The van der Waals surface area contributed by atoms with Gasteiger partial charge in [0.25, 0.3) is 5.91 Å². The van der Waals surface area contributed by atoms with Crippen LogP contribution in [0.4, 0.5) is 0 Å². The van der Waals surface area contributed by atoms with E-state index in [0.717, 1.165) is 25.7 Å². The molecule has 1 aliphatic carbocycles. The van der Waals surface area contributed by atoms with Crippen LogP contribution in [-0.2, 0) is 4.79 Å². The maximum atomic E-state index is 12.6. The Bertz CT molecular complexity index is 759. The van der Waals surface area contributed by atoms with Crippen molar-refractivity contribution < 1.29 is 19.1 Å². The Balaban J connectivity index is 1.76. The number of carbonyl (C=O) groups is 2. The molecule has 0 atom stereocenters. The highest BCUT2D eigenvalue weighted by atomic mass is 16.4. The van der Waals surface area contributed by atoms with Crippen molar-refractivity contribution in [3.05, 3.63) is 35.7 Å². The summed E-state index contributed by atoms with van der Waals surface area (Å²) in [6.07, 6.45) is 4.55. The van der Waals surface area contributed by atoms with Crippen LogP contribution in [0.5, 0.6) is 0 Å². The van der Waals surface area contributed by atoms with E-state index in [1.165, 1.54) is 0 Å². The summed E-state index contributed by atoms with van der Waals surface area (Å²) in [5.74, 6) is -0.484. The third kappa shape index (κ3) is 3.70. The molecule has 132 valence electrons. The molecule has 25 heavy (non-hydrogen) atoms. The van der Waals surface area contributed by atoms with E-state index in [0.29, 0.717) is 35.7 Å². The van der Waals surface area contributed by atoms with Crippen molar-refractivity contribution in [2.75, 3.05) is 0 Å². The molecule has 1 aromatic carbocycles. The molecule has 1 saturated carbocycles. The number of aryl methyl sites for hydroxylation is 1. The number of hydrogen-bond acceptors (Lipinski definition) is 5. The van der Waals surface area contributed by atoms with Gasteiger partial charge in [0.2, 0.25) is 11.8 Å². The molecule has 1 heterocycles. The minimum absolute atomic E-state index is 0.377. The summed E-state index contributed by atoms with van der Waals surface area (Å²) in [7, 11) is 0. The number of amides is 1. The Morgan fingerprint density at radius 1 is 1.08 bits per heavy atom.